The van der Waals surface area contributed by atoms with Gasteiger partial charge in [-0.1, -0.05) is 6.07 Å². The highest BCUT2D eigenvalue weighted by Gasteiger charge is 2.15. The number of nitrogens with one attached hydrogen (secondary N) is 1. The van der Waals surface area contributed by atoms with Gasteiger partial charge in [-0.05, 0) is 46.3 Å². The number of fused-ring (bicyclic) bond motifs is 1. The smallest absolute Gasteiger partial charge is 0.239 e. The number of anilines is 3. The number of hydrogen-bond donors (Lipinski definition) is 2. The molecule has 0 unspecified atom stereocenters. The van der Waals surface area contributed by atoms with Gasteiger partial charge in [-0.15, -0.1) is 0 Å². The summed E-state index contributed by atoms with van der Waals surface area (Å²) in [5.74, 6) is 5.16. The number of nitrogens with two attached hydrogens (primary N) is 1. The molecule has 0 aliphatic rings. The quantitative estimate of drug-likeness (QED) is 0.536. The van der Waals surface area contributed by atoms with Crippen molar-refractivity contribution in [2.45, 2.75) is 0 Å². The van der Waals surface area contributed by atoms with Crippen LogP contribution in [0.4, 0.5) is 26.2 Å². The van der Waals surface area contributed by atoms with Crippen molar-refractivity contribution in [2.75, 3.05) is 17.4 Å². The molecule has 0 amide bonds. The molecule has 1 heterocycles. The first kappa shape index (κ1) is 15.6. The molecule has 1 aromatic heterocycles. The van der Waals surface area contributed by atoms with E-state index in [0.717, 1.165) is 0 Å². The van der Waals surface area contributed by atoms with Crippen LogP contribution in [0.15, 0.2) is 40.9 Å². The van der Waals surface area contributed by atoms with Gasteiger partial charge in [0.2, 0.25) is 5.95 Å². The van der Waals surface area contributed by atoms with Crippen molar-refractivity contribution in [2.24, 2.45) is 5.84 Å². The van der Waals surface area contributed by atoms with Crippen LogP contribution in [0, 0.1) is 11.6 Å². The molecule has 0 atom stereocenters. The molecule has 0 aliphatic heterocycles. The maximum Gasteiger partial charge on any atom is 0.239 e. The predicted molar refractivity (Wildman–Crippen MR) is 89.5 cm³/mol. The van der Waals surface area contributed by atoms with Gasteiger partial charge >= 0.3 is 0 Å². The summed E-state index contributed by atoms with van der Waals surface area (Å²) in [6.07, 6.45) is 0. The zero-order chi connectivity index (χ0) is 16.6. The first-order valence-corrected chi connectivity index (χ1v) is 7.41. The highest BCUT2D eigenvalue weighted by Crippen LogP contribution is 2.32. The second kappa shape index (κ2) is 6.05. The Bertz CT molecular complexity index is 887. The Morgan fingerprint density at radius 1 is 1.17 bits per heavy atom. The molecule has 118 valence electrons. The van der Waals surface area contributed by atoms with Crippen LogP contribution < -0.4 is 16.2 Å². The van der Waals surface area contributed by atoms with E-state index in [1.54, 1.807) is 24.1 Å². The molecule has 0 fully saturated rings. The van der Waals surface area contributed by atoms with E-state index in [-0.39, 0.29) is 16.2 Å². The minimum atomic E-state index is -0.441. The number of hydrogen-bond acceptors (Lipinski definition) is 5. The van der Waals surface area contributed by atoms with E-state index >= 15 is 0 Å². The Labute approximate surface area is 139 Å². The van der Waals surface area contributed by atoms with Gasteiger partial charge in [0.05, 0.1) is 9.99 Å². The van der Waals surface area contributed by atoms with Crippen LogP contribution in [0.1, 0.15) is 0 Å². The second-order valence-corrected chi connectivity index (χ2v) is 5.69. The van der Waals surface area contributed by atoms with Crippen LogP contribution in [0.3, 0.4) is 0 Å². The fourth-order valence-corrected chi connectivity index (χ4v) is 2.57. The summed E-state index contributed by atoms with van der Waals surface area (Å²) in [5, 5.41) is 0.483. The van der Waals surface area contributed by atoms with E-state index in [2.05, 4.69) is 31.3 Å². The topological polar surface area (TPSA) is 67.1 Å². The highest BCUT2D eigenvalue weighted by atomic mass is 79.9. The van der Waals surface area contributed by atoms with Crippen molar-refractivity contribution in [3.05, 3.63) is 52.5 Å². The average Bonchev–Trinajstić information content (AvgIpc) is 2.54. The van der Waals surface area contributed by atoms with Gasteiger partial charge in [0.1, 0.15) is 17.5 Å². The lowest BCUT2D eigenvalue weighted by atomic mass is 10.2. The lowest BCUT2D eigenvalue weighted by Crippen LogP contribution is -2.16. The van der Waals surface area contributed by atoms with Crippen LogP contribution in [0.2, 0.25) is 0 Å². The van der Waals surface area contributed by atoms with E-state index < -0.39 is 5.82 Å². The average molecular weight is 380 g/mol. The van der Waals surface area contributed by atoms with E-state index in [9.17, 15) is 8.78 Å². The van der Waals surface area contributed by atoms with Crippen molar-refractivity contribution in [3.8, 4) is 0 Å². The van der Waals surface area contributed by atoms with Crippen LogP contribution in [0.5, 0.6) is 0 Å². The molecule has 0 saturated carbocycles. The number of hydrazine groups is 1. The normalized spacial score (nSPS) is 10.8. The van der Waals surface area contributed by atoms with Crippen LogP contribution in [0.25, 0.3) is 10.9 Å². The number of rotatable bonds is 3. The van der Waals surface area contributed by atoms with Crippen LogP contribution in [-0.4, -0.2) is 17.0 Å². The molecule has 8 heteroatoms. The Morgan fingerprint density at radius 2 is 1.96 bits per heavy atom. The van der Waals surface area contributed by atoms with Crippen molar-refractivity contribution >= 4 is 44.3 Å². The predicted octanol–water partition coefficient (Wildman–Crippen LogP) is 3.72. The van der Waals surface area contributed by atoms with Gasteiger partial charge in [0.25, 0.3) is 0 Å². The summed E-state index contributed by atoms with van der Waals surface area (Å²) in [5.41, 5.74) is 3.44. The van der Waals surface area contributed by atoms with Crippen LogP contribution in [-0.2, 0) is 0 Å². The molecule has 0 aliphatic carbocycles. The molecular weight excluding hydrogens is 368 g/mol. The van der Waals surface area contributed by atoms with Crippen molar-refractivity contribution in [3.63, 3.8) is 0 Å². The molecule has 5 nitrogen and oxygen atoms in total. The summed E-state index contributed by atoms with van der Waals surface area (Å²) in [6.45, 7) is 0. The monoisotopic (exact) mass is 379 g/mol. The molecule has 0 bridgehead atoms. The van der Waals surface area contributed by atoms with Crippen LogP contribution >= 0.6 is 15.9 Å². The number of nitrogens with zero attached hydrogens (tertiary/aromatic N) is 3. The first-order chi connectivity index (χ1) is 11.0. The van der Waals surface area contributed by atoms with Gasteiger partial charge in [-0.25, -0.2) is 19.6 Å². The second-order valence-electron chi connectivity index (χ2n) is 4.84. The molecule has 2 aromatic carbocycles. The first-order valence-electron chi connectivity index (χ1n) is 6.62. The summed E-state index contributed by atoms with van der Waals surface area (Å²) >= 11 is 3.13. The Morgan fingerprint density at radius 3 is 2.65 bits per heavy atom. The zero-order valence-corrected chi connectivity index (χ0v) is 13.6. The fourth-order valence-electron chi connectivity index (χ4n) is 2.23. The number of halogens is 3. The molecule has 0 spiro atoms. The van der Waals surface area contributed by atoms with Gasteiger partial charge < -0.3 is 4.90 Å². The summed E-state index contributed by atoms with van der Waals surface area (Å²) < 4.78 is 27.7. The molecule has 0 saturated heterocycles. The van der Waals surface area contributed by atoms with Gasteiger partial charge in [0, 0.05) is 18.1 Å². The molecule has 23 heavy (non-hydrogen) atoms. The van der Waals surface area contributed by atoms with Crippen molar-refractivity contribution in [1.29, 1.82) is 0 Å². The molecule has 3 aromatic rings. The van der Waals surface area contributed by atoms with Gasteiger partial charge in [-0.2, -0.15) is 4.98 Å². The zero-order valence-electron chi connectivity index (χ0n) is 12.0. The Kier molecular flexibility index (Phi) is 4.10. The Balaban J connectivity index is 2.24. The van der Waals surface area contributed by atoms with Gasteiger partial charge in [-0.3, -0.25) is 5.43 Å². The fraction of sp³-hybridized carbons (Fsp3) is 0.0667. The largest absolute Gasteiger partial charge is 0.329 e. The summed E-state index contributed by atoms with van der Waals surface area (Å²) in [6, 6.07) is 8.88. The minimum Gasteiger partial charge on any atom is -0.329 e. The third kappa shape index (κ3) is 2.95. The lowest BCUT2D eigenvalue weighted by Gasteiger charge is -2.21. The van der Waals surface area contributed by atoms with E-state index in [4.69, 9.17) is 5.84 Å². The number of nitrogen functional groups attached to an aromatic ring is 1. The molecule has 3 N–H and O–H groups in total. The van der Waals surface area contributed by atoms with E-state index in [1.165, 1.54) is 24.3 Å². The Hall–Kier alpha value is -2.32. The van der Waals surface area contributed by atoms with Crippen molar-refractivity contribution in [1.82, 2.24) is 9.97 Å². The molecule has 3 rings (SSSR count). The third-order valence-electron chi connectivity index (χ3n) is 3.36. The maximum absolute atomic E-state index is 13.9. The maximum atomic E-state index is 13.9. The molecule has 0 radical (unpaired) electrons. The van der Waals surface area contributed by atoms with Crippen molar-refractivity contribution < 1.29 is 8.78 Å². The summed E-state index contributed by atoms with van der Waals surface area (Å²) in [4.78, 5) is 10.1. The molecular formula is C15H12BrF2N5. The van der Waals surface area contributed by atoms with E-state index in [1.807, 2.05) is 0 Å². The minimum absolute atomic E-state index is 0.175. The SMILES string of the molecule is CN(c1cccc(F)c1)c1nc(NN)nc2cc(Br)c(F)cc12. The van der Waals surface area contributed by atoms with Gasteiger partial charge in [0.15, 0.2) is 0 Å². The number of aromatic nitrogens is 2. The highest BCUT2D eigenvalue weighted by molar-refractivity contribution is 9.10. The third-order valence-corrected chi connectivity index (χ3v) is 3.97. The summed E-state index contributed by atoms with van der Waals surface area (Å²) in [7, 11) is 1.71. The number of benzene rings is 2. The van der Waals surface area contributed by atoms with E-state index in [0.29, 0.717) is 22.4 Å². The lowest BCUT2D eigenvalue weighted by molar-refractivity contribution is 0.623. The standard InChI is InChI=1S/C15H12BrF2N5/c1-23(9-4-2-3-8(17)5-9)14-10-6-12(18)11(16)7-13(10)20-15(21-14)22-19/h2-7H,19H2,1H3,(H,20,21,22).